The van der Waals surface area contributed by atoms with Gasteiger partial charge < -0.3 is 19.5 Å². The SMILES string of the molecule is O=C(O)C(F)(F)F.O=C(O)C(F)(F)F.c1cncc(CN2CCCC3(CC(n4ccnc4)CO3)C2)c1. The van der Waals surface area contributed by atoms with Gasteiger partial charge in [-0.1, -0.05) is 6.07 Å². The average Bonchev–Trinajstić information content (AvgIpc) is 3.45. The van der Waals surface area contributed by atoms with E-state index in [1.807, 2.05) is 37.2 Å². The number of nitrogens with zero attached hydrogens (tertiary/aromatic N) is 4. The molecule has 2 aromatic heterocycles. The number of rotatable bonds is 3. The molecule has 0 aromatic carbocycles. The monoisotopic (exact) mass is 526 g/mol. The van der Waals surface area contributed by atoms with Gasteiger partial charge in [-0.15, -0.1) is 0 Å². The molecule has 15 heteroatoms. The zero-order valence-corrected chi connectivity index (χ0v) is 18.7. The van der Waals surface area contributed by atoms with Crippen molar-refractivity contribution in [2.75, 3.05) is 19.7 Å². The van der Waals surface area contributed by atoms with E-state index in [1.54, 1.807) is 0 Å². The molecule has 200 valence electrons. The molecule has 2 atom stereocenters. The van der Waals surface area contributed by atoms with E-state index in [-0.39, 0.29) is 5.60 Å². The van der Waals surface area contributed by atoms with Crippen molar-refractivity contribution in [1.82, 2.24) is 19.4 Å². The number of ether oxygens (including phenoxy) is 1. The Kier molecular flexibility index (Phi) is 9.81. The van der Waals surface area contributed by atoms with E-state index in [0.29, 0.717) is 6.04 Å². The number of halogens is 6. The zero-order valence-electron chi connectivity index (χ0n) is 18.7. The third-order valence-electron chi connectivity index (χ3n) is 5.37. The number of hydrogen-bond acceptors (Lipinski definition) is 6. The van der Waals surface area contributed by atoms with E-state index in [2.05, 4.69) is 25.5 Å². The summed E-state index contributed by atoms with van der Waals surface area (Å²) < 4.78 is 71.9. The zero-order chi connectivity index (χ0) is 27.0. The number of likely N-dealkylation sites (tertiary alicyclic amines) is 1. The first-order chi connectivity index (χ1) is 16.7. The number of alkyl halides is 6. The van der Waals surface area contributed by atoms with Crippen LogP contribution in [-0.4, -0.2) is 79.2 Å². The lowest BCUT2D eigenvalue weighted by Crippen LogP contribution is -2.47. The van der Waals surface area contributed by atoms with Crippen LogP contribution in [-0.2, 0) is 20.9 Å². The molecule has 0 aliphatic carbocycles. The van der Waals surface area contributed by atoms with Gasteiger partial charge in [0.1, 0.15) is 0 Å². The van der Waals surface area contributed by atoms with Crippen molar-refractivity contribution in [2.24, 2.45) is 0 Å². The lowest BCUT2D eigenvalue weighted by molar-refractivity contribution is -0.193. The number of aliphatic carboxylic acids is 2. The third-order valence-corrected chi connectivity index (χ3v) is 5.37. The molecule has 9 nitrogen and oxygen atoms in total. The number of aromatic nitrogens is 3. The Balaban J connectivity index is 0.000000271. The number of imidazole rings is 1. The van der Waals surface area contributed by atoms with E-state index in [4.69, 9.17) is 24.5 Å². The number of carbonyl (C=O) groups is 2. The lowest BCUT2D eigenvalue weighted by Gasteiger charge is -2.39. The lowest BCUT2D eigenvalue weighted by atomic mass is 9.88. The normalized spacial score (nSPS) is 22.2. The Morgan fingerprint density at radius 3 is 2.22 bits per heavy atom. The Bertz CT molecular complexity index is 947. The largest absolute Gasteiger partial charge is 0.490 e. The Labute approximate surface area is 201 Å². The molecule has 2 unspecified atom stereocenters. The smallest absolute Gasteiger partial charge is 0.475 e. The molecule has 2 fully saturated rings. The van der Waals surface area contributed by atoms with Crippen LogP contribution in [0.4, 0.5) is 26.3 Å². The van der Waals surface area contributed by atoms with Crippen LogP contribution in [0.25, 0.3) is 0 Å². The molecule has 2 aliphatic rings. The molecule has 1 spiro atoms. The topological polar surface area (TPSA) is 118 Å². The van der Waals surface area contributed by atoms with Crippen molar-refractivity contribution in [1.29, 1.82) is 0 Å². The van der Waals surface area contributed by atoms with Crippen LogP contribution in [0.1, 0.15) is 30.9 Å². The summed E-state index contributed by atoms with van der Waals surface area (Å²) in [6.07, 6.45) is 2.89. The summed E-state index contributed by atoms with van der Waals surface area (Å²) in [5.74, 6) is -5.51. The minimum atomic E-state index is -5.08. The molecule has 4 heterocycles. The van der Waals surface area contributed by atoms with E-state index < -0.39 is 24.3 Å². The fraction of sp³-hybridized carbons (Fsp3) is 0.524. The van der Waals surface area contributed by atoms with Gasteiger partial charge in [0, 0.05) is 44.3 Å². The van der Waals surface area contributed by atoms with Crippen molar-refractivity contribution in [3.05, 3.63) is 48.8 Å². The van der Waals surface area contributed by atoms with Gasteiger partial charge in [0.2, 0.25) is 0 Å². The first kappa shape index (κ1) is 29.0. The number of pyridine rings is 1. The van der Waals surface area contributed by atoms with Crippen molar-refractivity contribution < 1.29 is 50.9 Å². The molecule has 0 radical (unpaired) electrons. The van der Waals surface area contributed by atoms with Crippen LogP contribution in [0.15, 0.2) is 43.2 Å². The van der Waals surface area contributed by atoms with Crippen LogP contribution >= 0.6 is 0 Å². The molecule has 0 saturated carbocycles. The fourth-order valence-corrected chi connectivity index (χ4v) is 3.86. The maximum Gasteiger partial charge on any atom is 0.490 e. The number of hydrogen-bond donors (Lipinski definition) is 2. The third kappa shape index (κ3) is 9.11. The second-order valence-electron chi connectivity index (χ2n) is 8.14. The van der Waals surface area contributed by atoms with Gasteiger partial charge in [0.25, 0.3) is 0 Å². The summed E-state index contributed by atoms with van der Waals surface area (Å²) in [6.45, 7) is 3.94. The second-order valence-corrected chi connectivity index (χ2v) is 8.14. The second kappa shape index (κ2) is 12.2. The number of carboxylic acids is 2. The molecule has 2 aliphatic heterocycles. The van der Waals surface area contributed by atoms with Gasteiger partial charge in [-0.25, -0.2) is 14.6 Å². The summed E-state index contributed by atoms with van der Waals surface area (Å²) in [6, 6.07) is 4.59. The maximum absolute atomic E-state index is 10.6. The summed E-state index contributed by atoms with van der Waals surface area (Å²) in [5, 5.41) is 14.2. The van der Waals surface area contributed by atoms with Crippen molar-refractivity contribution in [3.8, 4) is 0 Å². The minimum Gasteiger partial charge on any atom is -0.475 e. The van der Waals surface area contributed by atoms with Gasteiger partial charge in [0.15, 0.2) is 0 Å². The average molecular weight is 526 g/mol. The quantitative estimate of drug-likeness (QED) is 0.584. The standard InChI is InChI=1S/C17H22N4O.2C2HF3O2/c1-3-15(10-18-5-1)11-20-7-2-4-17(13-20)9-16(12-22-17)21-8-6-19-14-21;2*3-2(4,5)1(6)7/h1,3,5-6,8,10,14,16H,2,4,7,9,11-13H2;2*(H,6,7). The minimum absolute atomic E-state index is 0.0232. The van der Waals surface area contributed by atoms with Gasteiger partial charge in [-0.3, -0.25) is 9.88 Å². The summed E-state index contributed by atoms with van der Waals surface area (Å²) >= 11 is 0. The molecule has 0 amide bonds. The first-order valence-electron chi connectivity index (χ1n) is 10.5. The van der Waals surface area contributed by atoms with Crippen LogP contribution < -0.4 is 0 Å². The molecule has 4 rings (SSSR count). The highest BCUT2D eigenvalue weighted by Gasteiger charge is 2.44. The van der Waals surface area contributed by atoms with E-state index in [0.717, 1.165) is 32.7 Å². The van der Waals surface area contributed by atoms with Gasteiger partial charge in [-0.05, 0) is 31.0 Å². The molecular formula is C21H24F6N4O5. The molecule has 36 heavy (non-hydrogen) atoms. The fourth-order valence-electron chi connectivity index (χ4n) is 3.86. The van der Waals surface area contributed by atoms with Gasteiger partial charge in [-0.2, -0.15) is 26.3 Å². The van der Waals surface area contributed by atoms with Crippen molar-refractivity contribution >= 4 is 11.9 Å². The van der Waals surface area contributed by atoms with Crippen LogP contribution in [0.2, 0.25) is 0 Å². The van der Waals surface area contributed by atoms with Gasteiger partial charge in [0.05, 0.1) is 24.6 Å². The van der Waals surface area contributed by atoms with E-state index >= 15 is 0 Å². The van der Waals surface area contributed by atoms with Crippen LogP contribution in [0.3, 0.4) is 0 Å². The van der Waals surface area contributed by atoms with E-state index in [9.17, 15) is 26.3 Å². The summed E-state index contributed by atoms with van der Waals surface area (Å²) in [5.41, 5.74) is 1.30. The highest BCUT2D eigenvalue weighted by atomic mass is 19.4. The molecule has 2 saturated heterocycles. The molecule has 2 N–H and O–H groups in total. The predicted molar refractivity (Wildman–Crippen MR) is 111 cm³/mol. The molecular weight excluding hydrogens is 502 g/mol. The molecule has 0 bridgehead atoms. The van der Waals surface area contributed by atoms with Crippen LogP contribution in [0, 0.1) is 0 Å². The maximum atomic E-state index is 10.6. The number of carboxylic acid groups (broad SMARTS) is 2. The first-order valence-corrected chi connectivity index (χ1v) is 10.5. The Hall–Kier alpha value is -3.20. The predicted octanol–water partition coefficient (Wildman–Crippen LogP) is 3.54. The summed E-state index contributed by atoms with van der Waals surface area (Å²) in [7, 11) is 0. The van der Waals surface area contributed by atoms with Crippen molar-refractivity contribution in [2.45, 2.75) is 49.8 Å². The summed E-state index contributed by atoms with van der Waals surface area (Å²) in [4.78, 5) is 28.7. The van der Waals surface area contributed by atoms with E-state index in [1.165, 1.54) is 18.4 Å². The van der Waals surface area contributed by atoms with Crippen molar-refractivity contribution in [3.63, 3.8) is 0 Å². The highest BCUT2D eigenvalue weighted by molar-refractivity contribution is 5.73. The molecule has 2 aromatic rings. The Morgan fingerprint density at radius 2 is 1.72 bits per heavy atom. The highest BCUT2D eigenvalue weighted by Crippen LogP contribution is 2.39. The van der Waals surface area contributed by atoms with Gasteiger partial charge >= 0.3 is 24.3 Å². The Morgan fingerprint density at radius 1 is 1.08 bits per heavy atom. The van der Waals surface area contributed by atoms with Crippen LogP contribution in [0.5, 0.6) is 0 Å². The number of piperidine rings is 1.